The summed E-state index contributed by atoms with van der Waals surface area (Å²) in [7, 11) is 0. The van der Waals surface area contributed by atoms with Crippen LogP contribution in [-0.2, 0) is 16.1 Å². The predicted molar refractivity (Wildman–Crippen MR) is 132 cm³/mol. The molecule has 1 aromatic heterocycles. The highest BCUT2D eigenvalue weighted by Crippen LogP contribution is 2.33. The Balaban J connectivity index is 1.55. The Bertz CT molecular complexity index is 1010. The number of hydrogen-bond donors (Lipinski definition) is 0. The molecule has 0 unspecified atom stereocenters. The predicted octanol–water partition coefficient (Wildman–Crippen LogP) is 3.37. The first-order valence-electron chi connectivity index (χ1n) is 12.3. The van der Waals surface area contributed by atoms with Crippen molar-refractivity contribution in [3.05, 3.63) is 59.3 Å². The Morgan fingerprint density at radius 2 is 1.82 bits per heavy atom. The second-order valence-corrected chi connectivity index (χ2v) is 9.35. The van der Waals surface area contributed by atoms with Crippen molar-refractivity contribution in [2.75, 3.05) is 50.8 Å². The first-order valence-corrected chi connectivity index (χ1v) is 12.3. The molecule has 0 aliphatic carbocycles. The maximum absolute atomic E-state index is 13.2. The minimum atomic E-state index is -0.180. The van der Waals surface area contributed by atoms with Crippen molar-refractivity contribution >= 4 is 11.7 Å². The molecule has 2 fully saturated rings. The van der Waals surface area contributed by atoms with Gasteiger partial charge in [0.05, 0.1) is 5.56 Å². The Morgan fingerprint density at radius 3 is 2.47 bits per heavy atom. The van der Waals surface area contributed by atoms with E-state index in [9.17, 15) is 10.1 Å². The van der Waals surface area contributed by atoms with Crippen molar-refractivity contribution in [2.24, 2.45) is 0 Å². The summed E-state index contributed by atoms with van der Waals surface area (Å²) in [4.78, 5) is 24.6. The van der Waals surface area contributed by atoms with Gasteiger partial charge in [-0.2, -0.15) is 5.26 Å². The van der Waals surface area contributed by atoms with Gasteiger partial charge in [0.1, 0.15) is 6.07 Å². The first-order chi connectivity index (χ1) is 16.5. The molecule has 180 valence electrons. The molecule has 0 radical (unpaired) electrons. The number of carbonyl (C=O) groups excluding carboxylic acids is 1. The van der Waals surface area contributed by atoms with E-state index in [1.165, 1.54) is 5.56 Å². The highest BCUT2D eigenvalue weighted by molar-refractivity contribution is 5.93. The van der Waals surface area contributed by atoms with Crippen molar-refractivity contribution in [3.63, 3.8) is 0 Å². The molecule has 4 rings (SSSR count). The molecule has 2 aliphatic rings. The number of anilines is 1. The van der Waals surface area contributed by atoms with Gasteiger partial charge in [-0.25, -0.2) is 4.98 Å². The van der Waals surface area contributed by atoms with Gasteiger partial charge in [-0.05, 0) is 37.5 Å². The Kier molecular flexibility index (Phi) is 7.94. The molecule has 2 saturated heterocycles. The third-order valence-corrected chi connectivity index (χ3v) is 7.16. The number of nitriles is 1. The molecule has 1 amide bonds. The van der Waals surface area contributed by atoms with Crippen LogP contribution >= 0.6 is 0 Å². The Hall–Kier alpha value is -2.79. The zero-order chi connectivity index (χ0) is 24.0. The minimum Gasteiger partial charge on any atom is -0.381 e. The molecule has 0 atom stereocenters. The lowest BCUT2D eigenvalue weighted by atomic mass is 9.86. The molecular formula is C27H35N5O2. The van der Waals surface area contributed by atoms with Gasteiger partial charge < -0.3 is 4.74 Å². The number of rotatable bonds is 7. The van der Waals surface area contributed by atoms with Gasteiger partial charge in [0.2, 0.25) is 5.91 Å². The zero-order valence-corrected chi connectivity index (χ0v) is 20.4. The third kappa shape index (κ3) is 5.47. The van der Waals surface area contributed by atoms with E-state index < -0.39 is 0 Å². The molecule has 0 bridgehead atoms. The number of ether oxygens (including phenoxy) is 1. The fraction of sp³-hybridized carbons (Fsp3) is 0.519. The molecule has 7 heteroatoms. The van der Waals surface area contributed by atoms with Crippen LogP contribution in [0.2, 0.25) is 0 Å². The van der Waals surface area contributed by atoms with Crippen LogP contribution in [0, 0.1) is 18.3 Å². The molecule has 0 saturated carbocycles. The second kappa shape index (κ2) is 11.1. The van der Waals surface area contributed by atoms with E-state index in [-0.39, 0.29) is 11.4 Å². The SMILES string of the molecule is CCC(=O)N(CC1(N2CCN(Cc3ccccc3)CC2)CCOCC1)c1nc(C)ccc1C#N. The summed E-state index contributed by atoms with van der Waals surface area (Å²) in [5.41, 5.74) is 2.41. The molecule has 3 heterocycles. The molecule has 1 aromatic carbocycles. The summed E-state index contributed by atoms with van der Waals surface area (Å²) < 4.78 is 5.75. The monoisotopic (exact) mass is 461 g/mol. The Labute approximate surface area is 202 Å². The minimum absolute atomic E-state index is 0.00294. The topological polar surface area (TPSA) is 72.7 Å². The van der Waals surface area contributed by atoms with Gasteiger partial charge in [0.25, 0.3) is 0 Å². The summed E-state index contributed by atoms with van der Waals surface area (Å²) in [6.45, 7) is 10.5. The smallest absolute Gasteiger partial charge is 0.227 e. The largest absolute Gasteiger partial charge is 0.381 e. The average Bonchev–Trinajstić information content (AvgIpc) is 2.88. The van der Waals surface area contributed by atoms with Crippen molar-refractivity contribution in [3.8, 4) is 6.07 Å². The molecule has 0 spiro atoms. The fourth-order valence-corrected chi connectivity index (χ4v) is 5.15. The number of aromatic nitrogens is 1. The summed E-state index contributed by atoms with van der Waals surface area (Å²) in [5.74, 6) is 0.492. The van der Waals surface area contributed by atoms with Gasteiger partial charge in [0, 0.05) is 70.1 Å². The van der Waals surface area contributed by atoms with Gasteiger partial charge in [0.15, 0.2) is 5.82 Å². The normalized spacial score (nSPS) is 18.9. The van der Waals surface area contributed by atoms with E-state index in [2.05, 4.69) is 51.2 Å². The van der Waals surface area contributed by atoms with Gasteiger partial charge >= 0.3 is 0 Å². The summed E-state index contributed by atoms with van der Waals surface area (Å²) >= 11 is 0. The van der Waals surface area contributed by atoms with E-state index in [0.717, 1.165) is 51.3 Å². The zero-order valence-electron chi connectivity index (χ0n) is 20.4. The highest BCUT2D eigenvalue weighted by atomic mass is 16.5. The average molecular weight is 462 g/mol. The maximum Gasteiger partial charge on any atom is 0.227 e. The van der Waals surface area contributed by atoms with Crippen LogP contribution in [0.1, 0.15) is 43.0 Å². The van der Waals surface area contributed by atoms with Crippen LogP contribution in [-0.4, -0.2) is 72.2 Å². The van der Waals surface area contributed by atoms with Crippen LogP contribution in [0.3, 0.4) is 0 Å². The lowest BCUT2D eigenvalue weighted by Gasteiger charge is -2.51. The van der Waals surface area contributed by atoms with Crippen molar-refractivity contribution in [1.82, 2.24) is 14.8 Å². The molecule has 2 aromatic rings. The van der Waals surface area contributed by atoms with E-state index in [1.807, 2.05) is 19.9 Å². The quantitative estimate of drug-likeness (QED) is 0.630. The number of amides is 1. The van der Waals surface area contributed by atoms with Crippen LogP contribution in [0.25, 0.3) is 0 Å². The second-order valence-electron chi connectivity index (χ2n) is 9.35. The van der Waals surface area contributed by atoms with E-state index in [1.54, 1.807) is 11.0 Å². The van der Waals surface area contributed by atoms with Crippen molar-refractivity contribution in [2.45, 2.75) is 45.2 Å². The number of hydrogen-bond acceptors (Lipinski definition) is 6. The third-order valence-electron chi connectivity index (χ3n) is 7.16. The number of aryl methyl sites for hydroxylation is 1. The fourth-order valence-electron chi connectivity index (χ4n) is 5.15. The van der Waals surface area contributed by atoms with Gasteiger partial charge in [-0.3, -0.25) is 19.5 Å². The summed E-state index contributed by atoms with van der Waals surface area (Å²) in [5, 5.41) is 9.72. The first kappa shape index (κ1) is 24.3. The van der Waals surface area contributed by atoms with Gasteiger partial charge in [-0.15, -0.1) is 0 Å². The molecule has 0 N–H and O–H groups in total. The standard InChI is InChI=1S/C27H35N5O2/c1-3-25(33)32(26-24(19-28)10-9-22(2)29-26)21-27(11-17-34-18-12-27)31-15-13-30(14-16-31)20-23-7-5-4-6-8-23/h4-10H,3,11-18,20-21H2,1-2H3. The number of carbonyl (C=O) groups is 1. The number of pyridine rings is 1. The van der Waals surface area contributed by atoms with Crippen LogP contribution in [0.15, 0.2) is 42.5 Å². The highest BCUT2D eigenvalue weighted by Gasteiger charge is 2.42. The number of piperazine rings is 1. The lowest BCUT2D eigenvalue weighted by Crippen LogP contribution is -2.63. The maximum atomic E-state index is 13.2. The molecule has 2 aliphatic heterocycles. The van der Waals surface area contributed by atoms with Crippen LogP contribution in [0.5, 0.6) is 0 Å². The van der Waals surface area contributed by atoms with E-state index in [4.69, 9.17) is 4.74 Å². The van der Waals surface area contributed by atoms with E-state index in [0.29, 0.717) is 37.6 Å². The number of nitrogens with zero attached hydrogens (tertiary/aromatic N) is 5. The summed E-state index contributed by atoms with van der Waals surface area (Å²) in [6, 6.07) is 16.4. The lowest BCUT2D eigenvalue weighted by molar-refractivity contribution is -0.119. The summed E-state index contributed by atoms with van der Waals surface area (Å²) in [6.07, 6.45) is 2.11. The van der Waals surface area contributed by atoms with Crippen LogP contribution in [0.4, 0.5) is 5.82 Å². The van der Waals surface area contributed by atoms with Crippen molar-refractivity contribution in [1.29, 1.82) is 5.26 Å². The van der Waals surface area contributed by atoms with E-state index >= 15 is 0 Å². The number of benzene rings is 1. The Morgan fingerprint density at radius 1 is 1.12 bits per heavy atom. The van der Waals surface area contributed by atoms with Crippen molar-refractivity contribution < 1.29 is 9.53 Å². The molecular weight excluding hydrogens is 426 g/mol. The molecule has 34 heavy (non-hydrogen) atoms. The molecule has 7 nitrogen and oxygen atoms in total. The van der Waals surface area contributed by atoms with Crippen LogP contribution < -0.4 is 4.90 Å². The van der Waals surface area contributed by atoms with Gasteiger partial charge in [-0.1, -0.05) is 37.3 Å².